The Morgan fingerprint density at radius 1 is 1.03 bits per heavy atom. The third kappa shape index (κ3) is 3.86. The summed E-state index contributed by atoms with van der Waals surface area (Å²) in [7, 11) is 1.66. The van der Waals surface area contributed by atoms with Crippen molar-refractivity contribution in [3.8, 4) is 17.1 Å². The van der Waals surface area contributed by atoms with Crippen LogP contribution < -0.4 is 4.74 Å². The van der Waals surface area contributed by atoms with E-state index < -0.39 is 0 Å². The molecule has 0 aliphatic heterocycles. The van der Waals surface area contributed by atoms with E-state index in [1.54, 1.807) is 18.9 Å². The van der Waals surface area contributed by atoms with Crippen molar-refractivity contribution in [2.24, 2.45) is 0 Å². The standard InChI is InChI=1S/C22H21N5OS/c1-4-13-27-21(16-9-5-8-12-20(16)28-3)25-26-22(27)29-14-19-15(2)23-17-10-6-7-11-18(17)24-19/h4-12H,1,13-14H2,2-3H3. The Labute approximate surface area is 173 Å². The van der Waals surface area contributed by atoms with Crippen LogP contribution >= 0.6 is 11.8 Å². The summed E-state index contributed by atoms with van der Waals surface area (Å²) in [6, 6.07) is 15.7. The van der Waals surface area contributed by atoms with Crippen molar-refractivity contribution in [2.75, 3.05) is 7.11 Å². The summed E-state index contributed by atoms with van der Waals surface area (Å²) in [4.78, 5) is 9.45. The number of para-hydroxylation sites is 3. The summed E-state index contributed by atoms with van der Waals surface area (Å²) in [5, 5.41) is 9.65. The van der Waals surface area contributed by atoms with E-state index in [4.69, 9.17) is 9.72 Å². The first-order valence-electron chi connectivity index (χ1n) is 9.24. The van der Waals surface area contributed by atoms with Crippen LogP contribution in [0.3, 0.4) is 0 Å². The highest BCUT2D eigenvalue weighted by Crippen LogP contribution is 2.32. The largest absolute Gasteiger partial charge is 0.496 e. The van der Waals surface area contributed by atoms with Crippen LogP contribution in [0.5, 0.6) is 5.75 Å². The third-order valence-corrected chi connectivity index (χ3v) is 5.54. The number of benzene rings is 2. The van der Waals surface area contributed by atoms with Gasteiger partial charge in [0, 0.05) is 12.3 Å². The maximum atomic E-state index is 5.50. The Kier molecular flexibility index (Phi) is 5.57. The lowest BCUT2D eigenvalue weighted by molar-refractivity contribution is 0.416. The van der Waals surface area contributed by atoms with Crippen LogP contribution in [-0.4, -0.2) is 31.8 Å². The summed E-state index contributed by atoms with van der Waals surface area (Å²) in [6.45, 7) is 6.47. The predicted molar refractivity (Wildman–Crippen MR) is 116 cm³/mol. The molecular weight excluding hydrogens is 382 g/mol. The van der Waals surface area contributed by atoms with E-state index in [-0.39, 0.29) is 0 Å². The molecule has 0 aliphatic rings. The van der Waals surface area contributed by atoms with Gasteiger partial charge in [-0.2, -0.15) is 0 Å². The van der Waals surface area contributed by atoms with Crippen LogP contribution in [0.1, 0.15) is 11.4 Å². The van der Waals surface area contributed by atoms with E-state index in [1.807, 2.05) is 66.1 Å². The number of hydrogen-bond donors (Lipinski definition) is 0. The molecule has 2 heterocycles. The second kappa shape index (κ2) is 8.45. The molecule has 29 heavy (non-hydrogen) atoms. The summed E-state index contributed by atoms with van der Waals surface area (Å²) < 4.78 is 7.54. The number of rotatable bonds is 7. The van der Waals surface area contributed by atoms with E-state index in [0.717, 1.165) is 44.7 Å². The fourth-order valence-corrected chi connectivity index (χ4v) is 4.07. The lowest BCUT2D eigenvalue weighted by Gasteiger charge is -2.11. The van der Waals surface area contributed by atoms with Gasteiger partial charge < -0.3 is 4.74 Å². The van der Waals surface area contributed by atoms with Gasteiger partial charge >= 0.3 is 0 Å². The van der Waals surface area contributed by atoms with Gasteiger partial charge in [0.2, 0.25) is 0 Å². The summed E-state index contributed by atoms with van der Waals surface area (Å²) in [5.41, 5.74) is 4.58. The highest BCUT2D eigenvalue weighted by atomic mass is 32.2. The molecule has 2 aromatic carbocycles. The van der Waals surface area contributed by atoms with Crippen LogP contribution in [0, 0.1) is 6.92 Å². The highest BCUT2D eigenvalue weighted by molar-refractivity contribution is 7.98. The second-order valence-electron chi connectivity index (χ2n) is 6.44. The molecule has 7 heteroatoms. The minimum Gasteiger partial charge on any atom is -0.496 e. The third-order valence-electron chi connectivity index (χ3n) is 4.56. The molecule has 6 nitrogen and oxygen atoms in total. The van der Waals surface area contributed by atoms with Crippen LogP contribution in [0.25, 0.3) is 22.4 Å². The fraction of sp³-hybridized carbons (Fsp3) is 0.182. The van der Waals surface area contributed by atoms with Gasteiger partial charge in [-0.3, -0.25) is 4.57 Å². The molecule has 0 spiro atoms. The summed E-state index contributed by atoms with van der Waals surface area (Å²) in [6.07, 6.45) is 1.84. The van der Waals surface area contributed by atoms with Crippen LogP contribution in [-0.2, 0) is 12.3 Å². The number of methoxy groups -OCH3 is 1. The van der Waals surface area contributed by atoms with Crippen molar-refractivity contribution in [2.45, 2.75) is 24.4 Å². The minimum atomic E-state index is 0.602. The Morgan fingerprint density at radius 2 is 1.76 bits per heavy atom. The zero-order valence-electron chi connectivity index (χ0n) is 16.4. The zero-order chi connectivity index (χ0) is 20.2. The number of nitrogens with zero attached hydrogens (tertiary/aromatic N) is 5. The first-order chi connectivity index (χ1) is 14.2. The fourth-order valence-electron chi connectivity index (χ4n) is 3.11. The average molecular weight is 404 g/mol. The number of hydrogen-bond acceptors (Lipinski definition) is 6. The average Bonchev–Trinajstić information content (AvgIpc) is 3.14. The molecule has 0 saturated heterocycles. The van der Waals surface area contributed by atoms with Crippen LogP contribution in [0.2, 0.25) is 0 Å². The van der Waals surface area contributed by atoms with Gasteiger partial charge in [0.25, 0.3) is 0 Å². The summed E-state index contributed by atoms with van der Waals surface area (Å²) >= 11 is 1.59. The maximum Gasteiger partial charge on any atom is 0.192 e. The van der Waals surface area contributed by atoms with Crippen LogP contribution in [0.15, 0.2) is 66.3 Å². The molecule has 0 fully saturated rings. The van der Waals surface area contributed by atoms with Crippen molar-refractivity contribution in [1.82, 2.24) is 24.7 Å². The molecule has 0 N–H and O–H groups in total. The number of thioether (sulfide) groups is 1. The molecule has 0 amide bonds. The molecule has 2 aromatic heterocycles. The predicted octanol–water partition coefficient (Wildman–Crippen LogP) is 4.68. The lowest BCUT2D eigenvalue weighted by Crippen LogP contribution is -2.02. The Bertz CT molecular complexity index is 1170. The van der Waals surface area contributed by atoms with Gasteiger partial charge in [0.15, 0.2) is 11.0 Å². The molecular formula is C22H21N5OS. The van der Waals surface area contributed by atoms with E-state index >= 15 is 0 Å². The van der Waals surface area contributed by atoms with Gasteiger partial charge in [-0.05, 0) is 31.2 Å². The maximum absolute atomic E-state index is 5.50. The Hall–Kier alpha value is -3.19. The quantitative estimate of drug-likeness (QED) is 0.330. The van der Waals surface area contributed by atoms with Crippen LogP contribution in [0.4, 0.5) is 0 Å². The smallest absolute Gasteiger partial charge is 0.192 e. The first-order valence-corrected chi connectivity index (χ1v) is 10.2. The number of aryl methyl sites for hydroxylation is 1. The van der Waals surface area contributed by atoms with E-state index in [9.17, 15) is 0 Å². The molecule has 146 valence electrons. The minimum absolute atomic E-state index is 0.602. The van der Waals surface area contributed by atoms with Crippen molar-refractivity contribution in [3.05, 3.63) is 72.6 Å². The molecule has 0 radical (unpaired) electrons. The van der Waals surface area contributed by atoms with Gasteiger partial charge in [-0.25, -0.2) is 9.97 Å². The molecule has 0 atom stereocenters. The second-order valence-corrected chi connectivity index (χ2v) is 7.38. The molecule has 4 rings (SSSR count). The van der Waals surface area contributed by atoms with Gasteiger partial charge in [0.1, 0.15) is 5.75 Å². The van der Waals surface area contributed by atoms with Gasteiger partial charge in [-0.1, -0.05) is 42.1 Å². The molecule has 0 aliphatic carbocycles. The highest BCUT2D eigenvalue weighted by Gasteiger charge is 2.17. The van der Waals surface area contributed by atoms with E-state index in [0.29, 0.717) is 12.3 Å². The van der Waals surface area contributed by atoms with Crippen molar-refractivity contribution < 1.29 is 4.74 Å². The number of ether oxygens (including phenoxy) is 1. The summed E-state index contributed by atoms with van der Waals surface area (Å²) in [5.74, 6) is 2.18. The monoisotopic (exact) mass is 403 g/mol. The molecule has 4 aromatic rings. The zero-order valence-corrected chi connectivity index (χ0v) is 17.2. The SMILES string of the molecule is C=CCn1c(SCc2nc3ccccc3nc2C)nnc1-c1ccccc1OC. The normalized spacial score (nSPS) is 11.0. The van der Waals surface area contributed by atoms with Crippen molar-refractivity contribution in [1.29, 1.82) is 0 Å². The van der Waals surface area contributed by atoms with Crippen molar-refractivity contribution >= 4 is 22.8 Å². The first kappa shape index (κ1) is 19.1. The van der Waals surface area contributed by atoms with E-state index in [2.05, 4.69) is 21.8 Å². The Balaban J connectivity index is 1.65. The number of fused-ring (bicyclic) bond motifs is 1. The number of aromatic nitrogens is 5. The number of allylic oxidation sites excluding steroid dienone is 1. The molecule has 0 unspecified atom stereocenters. The van der Waals surface area contributed by atoms with E-state index in [1.165, 1.54) is 0 Å². The molecule has 0 bridgehead atoms. The topological polar surface area (TPSA) is 65.7 Å². The Morgan fingerprint density at radius 3 is 2.52 bits per heavy atom. The van der Waals surface area contributed by atoms with Crippen molar-refractivity contribution in [3.63, 3.8) is 0 Å². The van der Waals surface area contributed by atoms with Gasteiger partial charge in [0.05, 0.1) is 35.1 Å². The lowest BCUT2D eigenvalue weighted by atomic mass is 10.2. The molecule has 0 saturated carbocycles. The van der Waals surface area contributed by atoms with Gasteiger partial charge in [-0.15, -0.1) is 16.8 Å².